The number of fused-ring (bicyclic) bond motifs is 3. The van der Waals surface area contributed by atoms with Crippen LogP contribution < -0.4 is 5.32 Å². The molecule has 0 radical (unpaired) electrons. The highest BCUT2D eigenvalue weighted by Crippen LogP contribution is 2.54. The Morgan fingerprint density at radius 3 is 2.48 bits per heavy atom. The van der Waals surface area contributed by atoms with Crippen LogP contribution in [0, 0.1) is 5.92 Å². The molecule has 27 heavy (non-hydrogen) atoms. The maximum Gasteiger partial charge on any atom is 0.416 e. The molecule has 1 heterocycles. The van der Waals surface area contributed by atoms with Crippen LogP contribution in [-0.4, -0.2) is 11.1 Å². The molecular formula is C20H15ClF3NO2. The van der Waals surface area contributed by atoms with E-state index in [0.717, 1.165) is 11.6 Å². The smallest absolute Gasteiger partial charge is 0.416 e. The minimum atomic E-state index is -4.46. The first-order valence-corrected chi connectivity index (χ1v) is 8.81. The fourth-order valence-electron chi connectivity index (χ4n) is 4.08. The Balaban J connectivity index is 1.82. The van der Waals surface area contributed by atoms with Crippen LogP contribution in [0.2, 0.25) is 5.02 Å². The zero-order chi connectivity index (χ0) is 19.3. The van der Waals surface area contributed by atoms with Crippen molar-refractivity contribution < 1.29 is 23.1 Å². The Bertz CT molecular complexity index is 937. The number of alkyl halides is 3. The number of nitrogens with one attached hydrogen (secondary N) is 1. The Labute approximate surface area is 158 Å². The quantitative estimate of drug-likeness (QED) is 0.626. The molecule has 1 aliphatic heterocycles. The highest BCUT2D eigenvalue weighted by Gasteiger charge is 2.44. The van der Waals surface area contributed by atoms with Gasteiger partial charge in [0.1, 0.15) is 0 Å². The summed E-state index contributed by atoms with van der Waals surface area (Å²) in [6.45, 7) is 0. The predicted octanol–water partition coefficient (Wildman–Crippen LogP) is 5.88. The predicted molar refractivity (Wildman–Crippen MR) is 96.2 cm³/mol. The van der Waals surface area contributed by atoms with Gasteiger partial charge in [0.15, 0.2) is 0 Å². The summed E-state index contributed by atoms with van der Waals surface area (Å²) in [4.78, 5) is 11.1. The highest BCUT2D eigenvalue weighted by molar-refractivity contribution is 6.33. The van der Waals surface area contributed by atoms with Crippen molar-refractivity contribution in [2.45, 2.75) is 24.6 Å². The molecule has 3 nitrogen and oxygen atoms in total. The van der Waals surface area contributed by atoms with E-state index in [2.05, 4.69) is 5.32 Å². The fourth-order valence-corrected chi connectivity index (χ4v) is 4.30. The Morgan fingerprint density at radius 1 is 1.15 bits per heavy atom. The second-order valence-electron chi connectivity index (χ2n) is 6.78. The van der Waals surface area contributed by atoms with Crippen molar-refractivity contribution in [3.8, 4) is 0 Å². The van der Waals surface area contributed by atoms with E-state index >= 15 is 0 Å². The Kier molecular flexibility index (Phi) is 4.18. The van der Waals surface area contributed by atoms with Crippen LogP contribution in [-0.2, 0) is 6.18 Å². The SMILES string of the molecule is O=C(O)c1ccc([C@@H]2Nc3c(Cl)ccc(C(F)(F)F)c3[C@@H]3C=CC[C@@H]32)cc1. The molecule has 2 N–H and O–H groups in total. The Hall–Kier alpha value is -2.47. The lowest BCUT2D eigenvalue weighted by Crippen LogP contribution is -2.31. The summed E-state index contributed by atoms with van der Waals surface area (Å²) in [5.41, 5.74) is 0.792. The number of hydrogen-bond acceptors (Lipinski definition) is 2. The third kappa shape index (κ3) is 2.98. The molecule has 140 valence electrons. The summed E-state index contributed by atoms with van der Waals surface area (Å²) in [6, 6.07) is 8.43. The number of halogens is 4. The summed E-state index contributed by atoms with van der Waals surface area (Å²) in [7, 11) is 0. The van der Waals surface area contributed by atoms with E-state index in [4.69, 9.17) is 16.7 Å². The standard InChI is InChI=1S/C20H15ClF3NO2/c21-15-9-8-14(20(22,23)24)16-12-2-1-3-13(12)17(25-18(15)16)10-4-6-11(7-5-10)19(26)27/h1-2,4-9,12-13,17,25H,3H2,(H,26,27)/t12-,13+,17+/m1/s1. The van der Waals surface area contributed by atoms with Crippen molar-refractivity contribution in [1.29, 1.82) is 0 Å². The molecule has 0 saturated carbocycles. The first kappa shape index (κ1) is 17.9. The number of hydrogen-bond donors (Lipinski definition) is 2. The normalized spacial score (nSPS) is 23.5. The zero-order valence-corrected chi connectivity index (χ0v) is 14.7. The van der Waals surface area contributed by atoms with Gasteiger partial charge in [0.05, 0.1) is 27.9 Å². The number of rotatable bonds is 2. The summed E-state index contributed by atoms with van der Waals surface area (Å²) in [5.74, 6) is -1.53. The summed E-state index contributed by atoms with van der Waals surface area (Å²) in [5, 5.41) is 12.5. The molecule has 7 heteroatoms. The highest BCUT2D eigenvalue weighted by atomic mass is 35.5. The molecule has 0 unspecified atom stereocenters. The summed E-state index contributed by atoms with van der Waals surface area (Å²) in [6.07, 6.45) is -0.125. The van der Waals surface area contributed by atoms with E-state index in [-0.39, 0.29) is 28.1 Å². The van der Waals surface area contributed by atoms with Crippen LogP contribution in [0.25, 0.3) is 0 Å². The minimum Gasteiger partial charge on any atom is -0.478 e. The third-order valence-corrected chi connectivity index (χ3v) is 5.61. The molecule has 2 aromatic rings. The molecule has 0 spiro atoms. The fraction of sp³-hybridized carbons (Fsp3) is 0.250. The number of carbonyl (C=O) groups is 1. The van der Waals surface area contributed by atoms with Gasteiger partial charge in [-0.05, 0) is 47.7 Å². The van der Waals surface area contributed by atoms with Crippen LogP contribution in [0.4, 0.5) is 18.9 Å². The topological polar surface area (TPSA) is 49.3 Å². The average Bonchev–Trinajstić information content (AvgIpc) is 3.10. The summed E-state index contributed by atoms with van der Waals surface area (Å²) >= 11 is 6.24. The lowest BCUT2D eigenvalue weighted by Gasteiger charge is -2.39. The van der Waals surface area contributed by atoms with E-state index in [9.17, 15) is 18.0 Å². The number of anilines is 1. The van der Waals surface area contributed by atoms with Gasteiger partial charge in [-0.25, -0.2) is 4.79 Å². The van der Waals surface area contributed by atoms with E-state index in [0.29, 0.717) is 12.1 Å². The van der Waals surface area contributed by atoms with E-state index in [1.54, 1.807) is 12.1 Å². The molecule has 1 aliphatic carbocycles. The van der Waals surface area contributed by atoms with E-state index < -0.39 is 23.6 Å². The third-order valence-electron chi connectivity index (χ3n) is 5.29. The molecule has 4 rings (SSSR count). The number of allylic oxidation sites excluding steroid dienone is 2. The number of benzene rings is 2. The molecule has 2 aromatic carbocycles. The first-order valence-electron chi connectivity index (χ1n) is 8.43. The molecule has 0 saturated heterocycles. The van der Waals surface area contributed by atoms with Crippen molar-refractivity contribution in [3.05, 3.63) is 75.8 Å². The van der Waals surface area contributed by atoms with Gasteiger partial charge in [0.2, 0.25) is 0 Å². The average molecular weight is 394 g/mol. The van der Waals surface area contributed by atoms with E-state index in [1.807, 2.05) is 12.2 Å². The van der Waals surface area contributed by atoms with Crippen LogP contribution in [0.3, 0.4) is 0 Å². The molecule has 0 amide bonds. The van der Waals surface area contributed by atoms with Crippen LogP contribution >= 0.6 is 11.6 Å². The number of aromatic carboxylic acids is 1. The van der Waals surface area contributed by atoms with Crippen molar-refractivity contribution in [1.82, 2.24) is 0 Å². The maximum absolute atomic E-state index is 13.6. The van der Waals surface area contributed by atoms with Gasteiger partial charge >= 0.3 is 12.1 Å². The molecule has 0 fully saturated rings. The Morgan fingerprint density at radius 2 is 1.85 bits per heavy atom. The van der Waals surface area contributed by atoms with Crippen LogP contribution in [0.15, 0.2) is 48.6 Å². The summed E-state index contributed by atoms with van der Waals surface area (Å²) < 4.78 is 40.7. The number of carboxylic acids is 1. The van der Waals surface area contributed by atoms with Crippen molar-refractivity contribution in [3.63, 3.8) is 0 Å². The van der Waals surface area contributed by atoms with Crippen molar-refractivity contribution >= 4 is 23.3 Å². The number of carboxylic acid groups (broad SMARTS) is 1. The zero-order valence-electron chi connectivity index (χ0n) is 13.9. The largest absolute Gasteiger partial charge is 0.478 e. The van der Waals surface area contributed by atoms with Crippen LogP contribution in [0.1, 0.15) is 45.4 Å². The second-order valence-corrected chi connectivity index (χ2v) is 7.19. The minimum absolute atomic E-state index is 0.104. The second kappa shape index (κ2) is 6.30. The van der Waals surface area contributed by atoms with Crippen molar-refractivity contribution in [2.75, 3.05) is 5.32 Å². The lowest BCUT2D eigenvalue weighted by atomic mass is 9.75. The molecule has 0 aromatic heterocycles. The molecular weight excluding hydrogens is 379 g/mol. The lowest BCUT2D eigenvalue weighted by molar-refractivity contribution is -0.138. The van der Waals surface area contributed by atoms with Gasteiger partial charge in [-0.15, -0.1) is 0 Å². The van der Waals surface area contributed by atoms with E-state index in [1.165, 1.54) is 18.2 Å². The van der Waals surface area contributed by atoms with Gasteiger partial charge in [-0.2, -0.15) is 13.2 Å². The van der Waals surface area contributed by atoms with Crippen molar-refractivity contribution in [2.24, 2.45) is 5.92 Å². The molecule has 0 bridgehead atoms. The van der Waals surface area contributed by atoms with Gasteiger partial charge in [0.25, 0.3) is 0 Å². The maximum atomic E-state index is 13.6. The van der Waals surface area contributed by atoms with Gasteiger partial charge in [0, 0.05) is 5.92 Å². The molecule has 2 aliphatic rings. The van der Waals surface area contributed by atoms with Gasteiger partial charge < -0.3 is 10.4 Å². The van der Waals surface area contributed by atoms with Crippen LogP contribution in [0.5, 0.6) is 0 Å². The monoisotopic (exact) mass is 393 g/mol. The van der Waals surface area contributed by atoms with Gasteiger partial charge in [-0.1, -0.05) is 35.9 Å². The first-order chi connectivity index (χ1) is 12.8. The van der Waals surface area contributed by atoms with Gasteiger partial charge in [-0.3, -0.25) is 0 Å². The molecule has 3 atom stereocenters.